The number of benzene rings is 2. The highest BCUT2D eigenvalue weighted by Gasteiger charge is 2.16. The van der Waals surface area contributed by atoms with Crippen LogP contribution in [-0.2, 0) is 17.1 Å². The molecule has 0 saturated carbocycles. The van der Waals surface area contributed by atoms with E-state index < -0.39 is 10.0 Å². The maximum Gasteiger partial charge on any atom is 0.261 e. The highest BCUT2D eigenvalue weighted by atomic mass is 32.2. The molecule has 0 aliphatic carbocycles. The van der Waals surface area contributed by atoms with Crippen molar-refractivity contribution in [2.45, 2.75) is 4.90 Å². The molecule has 122 valence electrons. The third-order valence-electron chi connectivity index (χ3n) is 3.74. The molecular formula is C17H14N2O4S. The van der Waals surface area contributed by atoms with E-state index in [0.717, 1.165) is 0 Å². The summed E-state index contributed by atoms with van der Waals surface area (Å²) < 4.78 is 29.0. The number of fused-ring (bicyclic) bond motifs is 1. The molecule has 0 saturated heterocycles. The van der Waals surface area contributed by atoms with Gasteiger partial charge in [0.15, 0.2) is 6.29 Å². The van der Waals surface area contributed by atoms with Crippen LogP contribution < -0.4 is 10.3 Å². The SMILES string of the molecule is Cn1c(=O)ccc2cc(S(=O)(=O)Nc3ccccc3C=O)ccc21. The van der Waals surface area contributed by atoms with Crippen LogP contribution in [0.3, 0.4) is 0 Å². The van der Waals surface area contributed by atoms with Crippen molar-refractivity contribution in [3.63, 3.8) is 0 Å². The quantitative estimate of drug-likeness (QED) is 0.736. The van der Waals surface area contributed by atoms with Gasteiger partial charge >= 0.3 is 0 Å². The van der Waals surface area contributed by atoms with Gasteiger partial charge in [0.2, 0.25) is 0 Å². The molecule has 0 radical (unpaired) electrons. The van der Waals surface area contributed by atoms with Gasteiger partial charge in [-0.3, -0.25) is 14.3 Å². The summed E-state index contributed by atoms with van der Waals surface area (Å²) in [4.78, 5) is 22.7. The monoisotopic (exact) mass is 342 g/mol. The molecule has 1 aromatic heterocycles. The fraction of sp³-hybridized carbons (Fsp3) is 0.0588. The Kier molecular flexibility index (Phi) is 3.94. The molecule has 3 aromatic rings. The highest BCUT2D eigenvalue weighted by Crippen LogP contribution is 2.22. The van der Waals surface area contributed by atoms with Crippen LogP contribution >= 0.6 is 0 Å². The third-order valence-corrected chi connectivity index (χ3v) is 5.10. The second kappa shape index (κ2) is 5.93. The topological polar surface area (TPSA) is 85.2 Å². The van der Waals surface area contributed by atoms with Crippen molar-refractivity contribution in [2.75, 3.05) is 4.72 Å². The molecule has 2 aromatic carbocycles. The second-order valence-corrected chi connectivity index (χ2v) is 6.94. The van der Waals surface area contributed by atoms with Crippen molar-refractivity contribution in [3.05, 3.63) is 70.5 Å². The van der Waals surface area contributed by atoms with Crippen molar-refractivity contribution < 1.29 is 13.2 Å². The van der Waals surface area contributed by atoms with E-state index in [4.69, 9.17) is 0 Å². The summed E-state index contributed by atoms with van der Waals surface area (Å²) in [6.45, 7) is 0. The number of aromatic nitrogens is 1. The summed E-state index contributed by atoms with van der Waals surface area (Å²) in [7, 11) is -2.23. The van der Waals surface area contributed by atoms with E-state index in [9.17, 15) is 18.0 Å². The number of para-hydroxylation sites is 1. The smallest absolute Gasteiger partial charge is 0.261 e. The molecule has 1 heterocycles. The number of nitrogens with zero attached hydrogens (tertiary/aromatic N) is 1. The second-order valence-electron chi connectivity index (χ2n) is 5.26. The first-order chi connectivity index (χ1) is 11.4. The predicted molar refractivity (Wildman–Crippen MR) is 91.8 cm³/mol. The minimum absolute atomic E-state index is 0.0503. The normalized spacial score (nSPS) is 11.4. The molecule has 0 spiro atoms. The Balaban J connectivity index is 2.07. The number of sulfonamides is 1. The number of rotatable bonds is 4. The van der Waals surface area contributed by atoms with Crippen LogP contribution in [0.2, 0.25) is 0 Å². The molecule has 0 aliphatic heterocycles. The maximum absolute atomic E-state index is 12.6. The summed E-state index contributed by atoms with van der Waals surface area (Å²) >= 11 is 0. The molecule has 0 amide bonds. The van der Waals surface area contributed by atoms with Gasteiger partial charge in [-0.1, -0.05) is 12.1 Å². The zero-order valence-electron chi connectivity index (χ0n) is 12.8. The van der Waals surface area contributed by atoms with Crippen molar-refractivity contribution >= 4 is 32.9 Å². The number of carbonyl (C=O) groups excluding carboxylic acids is 1. The Bertz CT molecular complexity index is 1100. The Morgan fingerprint density at radius 1 is 1.04 bits per heavy atom. The Morgan fingerprint density at radius 2 is 1.79 bits per heavy atom. The fourth-order valence-electron chi connectivity index (χ4n) is 2.43. The molecule has 0 unspecified atom stereocenters. The number of carbonyl (C=O) groups is 1. The lowest BCUT2D eigenvalue weighted by Gasteiger charge is -2.11. The van der Waals surface area contributed by atoms with Crippen LogP contribution in [0.15, 0.2) is 64.3 Å². The standard InChI is InChI=1S/C17H14N2O4S/c1-19-16-8-7-14(10-12(16)6-9-17(19)21)24(22,23)18-15-5-3-2-4-13(15)11-20/h2-11,18H,1H3. The lowest BCUT2D eigenvalue weighted by atomic mass is 10.2. The number of hydrogen-bond donors (Lipinski definition) is 1. The van der Waals surface area contributed by atoms with E-state index >= 15 is 0 Å². The maximum atomic E-state index is 12.6. The largest absolute Gasteiger partial charge is 0.311 e. The first kappa shape index (κ1) is 15.9. The molecule has 24 heavy (non-hydrogen) atoms. The fourth-order valence-corrected chi connectivity index (χ4v) is 3.55. The first-order valence-corrected chi connectivity index (χ1v) is 8.57. The minimum atomic E-state index is -3.86. The third kappa shape index (κ3) is 2.81. The Morgan fingerprint density at radius 3 is 2.54 bits per heavy atom. The molecule has 1 N–H and O–H groups in total. The number of aryl methyl sites for hydroxylation is 1. The molecule has 7 heteroatoms. The van der Waals surface area contributed by atoms with Crippen LogP contribution in [0, 0.1) is 0 Å². The van der Waals surface area contributed by atoms with Crippen LogP contribution in [0.1, 0.15) is 10.4 Å². The average molecular weight is 342 g/mol. The van der Waals surface area contributed by atoms with Crippen LogP contribution in [0.4, 0.5) is 5.69 Å². The summed E-state index contributed by atoms with van der Waals surface area (Å²) in [5, 5.41) is 0.628. The van der Waals surface area contributed by atoms with Crippen LogP contribution in [-0.4, -0.2) is 19.3 Å². The van der Waals surface area contributed by atoms with E-state index in [0.29, 0.717) is 17.2 Å². The summed E-state index contributed by atoms with van der Waals surface area (Å²) in [5.41, 5.74) is 0.934. The van der Waals surface area contributed by atoms with Crippen molar-refractivity contribution in [1.29, 1.82) is 0 Å². The number of hydrogen-bond acceptors (Lipinski definition) is 4. The van der Waals surface area contributed by atoms with Crippen LogP contribution in [0.5, 0.6) is 0 Å². The van der Waals surface area contributed by atoms with E-state index in [1.165, 1.54) is 34.9 Å². The highest BCUT2D eigenvalue weighted by molar-refractivity contribution is 7.92. The number of pyridine rings is 1. The molecular weight excluding hydrogens is 328 g/mol. The lowest BCUT2D eigenvalue weighted by molar-refractivity contribution is 0.112. The molecule has 0 fully saturated rings. The van der Waals surface area contributed by atoms with Gasteiger partial charge in [-0.25, -0.2) is 8.42 Å². The van der Waals surface area contributed by atoms with Gasteiger partial charge in [0.25, 0.3) is 15.6 Å². The van der Waals surface area contributed by atoms with Gasteiger partial charge in [0.1, 0.15) is 0 Å². The Hall–Kier alpha value is -2.93. The summed E-state index contributed by atoms with van der Waals surface area (Å²) in [5.74, 6) is 0. The zero-order valence-corrected chi connectivity index (χ0v) is 13.6. The van der Waals surface area contributed by atoms with Crippen molar-refractivity contribution in [1.82, 2.24) is 4.57 Å². The molecule has 3 rings (SSSR count). The predicted octanol–water partition coefficient (Wildman–Crippen LogP) is 2.15. The molecule has 0 atom stereocenters. The van der Waals surface area contributed by atoms with E-state index in [2.05, 4.69) is 4.72 Å². The average Bonchev–Trinajstić information content (AvgIpc) is 2.58. The van der Waals surface area contributed by atoms with Gasteiger partial charge < -0.3 is 4.57 Å². The minimum Gasteiger partial charge on any atom is -0.311 e. The van der Waals surface area contributed by atoms with E-state index in [1.807, 2.05) is 0 Å². The first-order valence-electron chi connectivity index (χ1n) is 7.09. The summed E-state index contributed by atoms with van der Waals surface area (Å²) in [6, 6.07) is 13.8. The number of anilines is 1. The van der Waals surface area contributed by atoms with Gasteiger partial charge in [-0.05, 0) is 41.8 Å². The van der Waals surface area contributed by atoms with Gasteiger partial charge in [0, 0.05) is 18.7 Å². The van der Waals surface area contributed by atoms with Gasteiger partial charge in [-0.2, -0.15) is 0 Å². The van der Waals surface area contributed by atoms with Crippen LogP contribution in [0.25, 0.3) is 10.9 Å². The van der Waals surface area contributed by atoms with E-state index in [-0.39, 0.29) is 21.7 Å². The molecule has 0 aliphatic rings. The number of nitrogens with one attached hydrogen (secondary N) is 1. The number of aldehydes is 1. The zero-order chi connectivity index (χ0) is 17.3. The molecule has 0 bridgehead atoms. The van der Waals surface area contributed by atoms with Crippen molar-refractivity contribution in [2.24, 2.45) is 7.05 Å². The van der Waals surface area contributed by atoms with E-state index in [1.54, 1.807) is 31.3 Å². The Labute approximate surface area is 138 Å². The van der Waals surface area contributed by atoms with Crippen molar-refractivity contribution in [3.8, 4) is 0 Å². The van der Waals surface area contributed by atoms with Gasteiger partial charge in [-0.15, -0.1) is 0 Å². The van der Waals surface area contributed by atoms with Gasteiger partial charge in [0.05, 0.1) is 16.1 Å². The summed E-state index contributed by atoms with van der Waals surface area (Å²) in [6.07, 6.45) is 0.591. The lowest BCUT2D eigenvalue weighted by Crippen LogP contribution is -2.16. The molecule has 6 nitrogen and oxygen atoms in total.